The van der Waals surface area contributed by atoms with Gasteiger partial charge in [0.15, 0.2) is 6.29 Å². The summed E-state index contributed by atoms with van der Waals surface area (Å²) < 4.78 is 11.6. The summed E-state index contributed by atoms with van der Waals surface area (Å²) in [5.41, 5.74) is 5.23. The Hall–Kier alpha value is -5.62. The summed E-state index contributed by atoms with van der Waals surface area (Å²) in [6.07, 6.45) is -9.52. The lowest BCUT2D eigenvalue weighted by Gasteiger charge is -2.43. The van der Waals surface area contributed by atoms with Gasteiger partial charge in [0, 0.05) is 26.9 Å². The molecular weight excluding hydrogens is 945 g/mol. The van der Waals surface area contributed by atoms with Crippen LogP contribution in [0.3, 0.4) is 0 Å². The maximum Gasteiger partial charge on any atom is 0.246 e. The Labute approximate surface area is 409 Å². The Morgan fingerprint density at radius 2 is 1.24 bits per heavy atom. The molecular formula is C43H72N10O18. The highest BCUT2D eigenvalue weighted by Gasteiger charge is 2.48. The molecule has 0 radical (unpaired) electrons. The van der Waals surface area contributed by atoms with E-state index in [4.69, 9.17) is 15.2 Å². The molecule has 16 atom stereocenters. The number of aliphatic hydroxyl groups excluding tert-OH is 6. The van der Waals surface area contributed by atoms with E-state index in [0.29, 0.717) is 19.3 Å². The van der Waals surface area contributed by atoms with Gasteiger partial charge in [-0.25, -0.2) is 0 Å². The van der Waals surface area contributed by atoms with E-state index in [-0.39, 0.29) is 25.9 Å². The third kappa shape index (κ3) is 15.9. The van der Waals surface area contributed by atoms with Crippen molar-refractivity contribution in [3.63, 3.8) is 0 Å². The number of carbonyl (C=O) groups is 10. The van der Waals surface area contributed by atoms with Gasteiger partial charge >= 0.3 is 0 Å². The van der Waals surface area contributed by atoms with E-state index in [0.717, 1.165) is 18.7 Å². The van der Waals surface area contributed by atoms with Crippen LogP contribution in [0.2, 0.25) is 0 Å². The van der Waals surface area contributed by atoms with Crippen molar-refractivity contribution in [1.82, 2.24) is 47.0 Å². The van der Waals surface area contributed by atoms with E-state index in [2.05, 4.69) is 37.2 Å². The number of primary amides is 1. The molecule has 28 heteroatoms. The van der Waals surface area contributed by atoms with Gasteiger partial charge in [0.2, 0.25) is 59.1 Å². The first-order chi connectivity index (χ1) is 33.3. The Kier molecular flexibility index (Phi) is 22.9. The highest BCUT2D eigenvalue weighted by Crippen LogP contribution is 2.25. The fourth-order valence-electron chi connectivity index (χ4n) is 8.39. The number of aliphatic hydroxyl groups is 6. The normalized spacial score (nSPS) is 25.9. The molecule has 0 bridgehead atoms. The lowest BCUT2D eigenvalue weighted by atomic mass is 9.96. The van der Waals surface area contributed by atoms with Crippen molar-refractivity contribution in [2.45, 2.75) is 172 Å². The standard InChI is InChI=1S/C43H72N10O18/c1-8-18(2)29(41(68)47-24(16-54)37(64)49-30(19(3)56)36(44)63)48-39(66)26-12-10-14-53(26)28(60)15-45-40(67)31(20(4)57)50-42(69)32(51-38(65)25-11-9-13-52(25)23(7)59)21(5)70-43-33(46-22(6)58)35(62)34(61)27(17-55)71-43/h18-21,24-27,29-35,43,54-57,61-62H,8-17H2,1-7H3,(H2,44,63)(H,45,67)(H,46,58)(H,47,68)(H,48,66)(H,49,64)(H,50,69)(H,51,65)/t18-,19+,20+,21+,24-,25-,26-,27+,29-,30-,31-,32-,33+,34-,35+,43-/m0/s1. The molecule has 28 nitrogen and oxygen atoms in total. The molecule has 3 heterocycles. The zero-order chi connectivity index (χ0) is 53.6. The van der Waals surface area contributed by atoms with Gasteiger partial charge in [-0.15, -0.1) is 0 Å². The van der Waals surface area contributed by atoms with Gasteiger partial charge in [0.25, 0.3) is 0 Å². The molecule has 0 unspecified atom stereocenters. The Bertz CT molecular complexity index is 1930. The fourth-order valence-corrected chi connectivity index (χ4v) is 8.39. The van der Waals surface area contributed by atoms with E-state index in [9.17, 15) is 78.6 Å². The number of nitrogens with one attached hydrogen (secondary N) is 7. The Morgan fingerprint density at radius 1 is 0.704 bits per heavy atom. The second kappa shape index (κ2) is 27.3. The van der Waals surface area contributed by atoms with Crippen LogP contribution in [0.1, 0.15) is 80.6 Å². The molecule has 3 fully saturated rings. The van der Waals surface area contributed by atoms with Gasteiger partial charge in [0.1, 0.15) is 66.6 Å². The molecule has 0 saturated carbocycles. The minimum atomic E-state index is -1.80. The number of rotatable bonds is 24. The van der Waals surface area contributed by atoms with Crippen molar-refractivity contribution in [3.8, 4) is 0 Å². The van der Waals surface area contributed by atoms with Gasteiger partial charge in [-0.2, -0.15) is 0 Å². The van der Waals surface area contributed by atoms with E-state index in [1.807, 2.05) is 0 Å². The number of amides is 10. The number of nitrogens with two attached hydrogens (primary N) is 1. The molecule has 0 aliphatic carbocycles. The van der Waals surface area contributed by atoms with Crippen molar-refractivity contribution in [1.29, 1.82) is 0 Å². The number of carbonyl (C=O) groups excluding carboxylic acids is 10. The van der Waals surface area contributed by atoms with Crippen LogP contribution in [-0.4, -0.2) is 224 Å². The summed E-state index contributed by atoms with van der Waals surface area (Å²) in [5, 5.41) is 78.2. The van der Waals surface area contributed by atoms with Gasteiger partial charge < -0.3 is 92.9 Å². The van der Waals surface area contributed by atoms with Gasteiger partial charge in [-0.1, -0.05) is 20.3 Å². The quantitative estimate of drug-likeness (QED) is 0.0427. The van der Waals surface area contributed by atoms with Gasteiger partial charge in [-0.05, 0) is 52.4 Å². The average Bonchev–Trinajstić information content (AvgIpc) is 4.02. The molecule has 3 saturated heterocycles. The highest BCUT2D eigenvalue weighted by atomic mass is 16.7. The van der Waals surface area contributed by atoms with E-state index in [1.54, 1.807) is 13.8 Å². The number of nitrogens with zero attached hydrogens (tertiary/aromatic N) is 2. The maximum absolute atomic E-state index is 14.2. The SMILES string of the molecule is CC[C@H](C)[C@H](NC(=O)[C@@H]1CCCN1C(=O)CNC(=O)[C@@H](NC(=O)[C@@H](NC(=O)[C@@H]1CCCN1C(C)=O)[C@@H](C)O[C@H]1O[C@H](CO)[C@H](O)[C@H](O)[C@H]1NC(C)=O)[C@@H](C)O)C(=O)N[C@@H](CO)C(=O)N[C@H](C(N)=O)[C@@H](C)O. The first kappa shape index (κ1) is 59.7. The molecule has 3 aliphatic rings. The minimum Gasteiger partial charge on any atom is -0.394 e. The van der Waals surface area contributed by atoms with Crippen molar-refractivity contribution in [2.24, 2.45) is 11.7 Å². The summed E-state index contributed by atoms with van der Waals surface area (Å²) in [6.45, 7) is 7.13. The first-order valence-corrected chi connectivity index (χ1v) is 23.5. The molecule has 3 aliphatic heterocycles. The Morgan fingerprint density at radius 3 is 1.75 bits per heavy atom. The average molecular weight is 1020 g/mol. The van der Waals surface area contributed by atoms with Crippen molar-refractivity contribution in [3.05, 3.63) is 0 Å². The number of ether oxygens (including phenoxy) is 2. The zero-order valence-electron chi connectivity index (χ0n) is 40.9. The van der Waals surface area contributed by atoms with Crippen LogP contribution < -0.4 is 43.0 Å². The van der Waals surface area contributed by atoms with E-state index >= 15 is 0 Å². The first-order valence-electron chi connectivity index (χ1n) is 23.5. The predicted octanol–water partition coefficient (Wildman–Crippen LogP) is -7.84. The maximum atomic E-state index is 14.2. The molecule has 402 valence electrons. The highest BCUT2D eigenvalue weighted by molar-refractivity contribution is 5.98. The third-order valence-electron chi connectivity index (χ3n) is 12.7. The predicted molar refractivity (Wildman–Crippen MR) is 243 cm³/mol. The molecule has 0 aromatic rings. The molecule has 15 N–H and O–H groups in total. The topological polar surface area (TPSA) is 427 Å². The Balaban J connectivity index is 1.78. The third-order valence-corrected chi connectivity index (χ3v) is 12.7. The van der Waals surface area contributed by atoms with Crippen LogP contribution in [0.5, 0.6) is 0 Å². The lowest BCUT2D eigenvalue weighted by molar-refractivity contribution is -0.281. The molecule has 71 heavy (non-hydrogen) atoms. The lowest BCUT2D eigenvalue weighted by Crippen LogP contribution is -2.66. The minimum absolute atomic E-state index is 0.0461. The zero-order valence-corrected chi connectivity index (χ0v) is 40.9. The van der Waals surface area contributed by atoms with Crippen LogP contribution in [0.4, 0.5) is 0 Å². The van der Waals surface area contributed by atoms with Crippen molar-refractivity contribution >= 4 is 59.1 Å². The number of likely N-dealkylation sites (tertiary alicyclic amines) is 2. The van der Waals surface area contributed by atoms with E-state index < -0.39 is 176 Å². The summed E-state index contributed by atoms with van der Waals surface area (Å²) in [6, 6.07) is -11.7. The van der Waals surface area contributed by atoms with Crippen LogP contribution >= 0.6 is 0 Å². The van der Waals surface area contributed by atoms with Gasteiger partial charge in [0.05, 0.1) is 38.1 Å². The second-order valence-corrected chi connectivity index (χ2v) is 18.1. The van der Waals surface area contributed by atoms with Crippen molar-refractivity contribution in [2.75, 3.05) is 32.8 Å². The van der Waals surface area contributed by atoms with E-state index in [1.165, 1.54) is 25.7 Å². The molecule has 0 aromatic carbocycles. The second-order valence-electron chi connectivity index (χ2n) is 18.1. The van der Waals surface area contributed by atoms with Crippen molar-refractivity contribution < 1.29 is 88.1 Å². The summed E-state index contributed by atoms with van der Waals surface area (Å²) in [4.78, 5) is 134. The molecule has 0 spiro atoms. The summed E-state index contributed by atoms with van der Waals surface area (Å²) in [5.74, 6) is -9.23. The largest absolute Gasteiger partial charge is 0.394 e. The van der Waals surface area contributed by atoms with Crippen LogP contribution in [-0.2, 0) is 57.4 Å². The summed E-state index contributed by atoms with van der Waals surface area (Å²) in [7, 11) is 0. The number of hydrogen-bond donors (Lipinski definition) is 14. The van der Waals surface area contributed by atoms with Crippen LogP contribution in [0, 0.1) is 5.92 Å². The number of hydrogen-bond acceptors (Lipinski definition) is 18. The monoisotopic (exact) mass is 1020 g/mol. The molecule has 0 aromatic heterocycles. The van der Waals surface area contributed by atoms with Crippen LogP contribution in [0.15, 0.2) is 0 Å². The summed E-state index contributed by atoms with van der Waals surface area (Å²) >= 11 is 0. The smallest absolute Gasteiger partial charge is 0.246 e. The molecule has 10 amide bonds. The molecule has 3 rings (SSSR count). The van der Waals surface area contributed by atoms with Crippen LogP contribution in [0.25, 0.3) is 0 Å². The van der Waals surface area contributed by atoms with Gasteiger partial charge in [-0.3, -0.25) is 47.9 Å². The fraction of sp³-hybridized carbons (Fsp3) is 0.767.